The van der Waals surface area contributed by atoms with Gasteiger partial charge in [-0.05, 0) is 33.2 Å². The smallest absolute Gasteiger partial charge is 0.308 e. The Hall–Kier alpha value is -0.570. The minimum absolute atomic E-state index is 0.126. The predicted octanol–water partition coefficient (Wildman–Crippen LogP) is 1.97. The number of carboxylic acid groups (broad SMARTS) is 1. The highest BCUT2D eigenvalue weighted by molar-refractivity contribution is 5.72. The molecule has 0 aromatic rings. The van der Waals surface area contributed by atoms with E-state index in [1.54, 1.807) is 0 Å². The molecule has 3 heteroatoms. The van der Waals surface area contributed by atoms with Crippen LogP contribution in [-0.2, 0) is 4.79 Å². The van der Waals surface area contributed by atoms with Gasteiger partial charge in [-0.3, -0.25) is 9.69 Å². The molecule has 0 spiro atoms. The number of carboxylic acids is 1. The van der Waals surface area contributed by atoms with Gasteiger partial charge in [0.15, 0.2) is 0 Å². The van der Waals surface area contributed by atoms with Crippen molar-refractivity contribution in [2.45, 2.75) is 51.6 Å². The molecule has 14 heavy (non-hydrogen) atoms. The van der Waals surface area contributed by atoms with Crippen molar-refractivity contribution in [3.05, 3.63) is 0 Å². The Kier molecular flexibility index (Phi) is 3.93. The van der Waals surface area contributed by atoms with Crippen molar-refractivity contribution in [3.63, 3.8) is 0 Å². The van der Waals surface area contributed by atoms with Crippen LogP contribution in [0.15, 0.2) is 0 Å². The van der Waals surface area contributed by atoms with Gasteiger partial charge in [0.2, 0.25) is 0 Å². The molecule has 0 aromatic heterocycles. The van der Waals surface area contributed by atoms with Crippen molar-refractivity contribution in [2.75, 3.05) is 7.05 Å². The molecule has 1 rings (SSSR count). The van der Waals surface area contributed by atoms with E-state index >= 15 is 0 Å². The zero-order valence-electron chi connectivity index (χ0n) is 9.36. The number of hydrogen-bond acceptors (Lipinski definition) is 2. The van der Waals surface area contributed by atoms with Gasteiger partial charge in [-0.2, -0.15) is 0 Å². The third kappa shape index (κ3) is 2.27. The number of nitrogens with zero attached hydrogens (tertiary/aromatic N) is 1. The summed E-state index contributed by atoms with van der Waals surface area (Å²) in [7, 11) is 2.06. The van der Waals surface area contributed by atoms with E-state index in [1.807, 2.05) is 0 Å². The molecule has 0 amide bonds. The van der Waals surface area contributed by atoms with Crippen LogP contribution in [0.1, 0.15) is 39.5 Å². The van der Waals surface area contributed by atoms with Gasteiger partial charge < -0.3 is 5.11 Å². The lowest BCUT2D eigenvalue weighted by Crippen LogP contribution is -2.51. The minimum atomic E-state index is -0.628. The van der Waals surface area contributed by atoms with E-state index in [9.17, 15) is 4.79 Å². The summed E-state index contributed by atoms with van der Waals surface area (Å²) in [6.45, 7) is 4.35. The summed E-state index contributed by atoms with van der Waals surface area (Å²) in [5.41, 5.74) is 0. The Bertz CT molecular complexity index is 205. The van der Waals surface area contributed by atoms with Crippen molar-refractivity contribution in [1.29, 1.82) is 0 Å². The molecule has 1 fully saturated rings. The predicted molar refractivity (Wildman–Crippen MR) is 56.3 cm³/mol. The number of aliphatic carboxylic acids is 1. The van der Waals surface area contributed by atoms with Gasteiger partial charge in [0.05, 0.1) is 5.92 Å². The molecule has 0 heterocycles. The van der Waals surface area contributed by atoms with E-state index in [1.165, 1.54) is 0 Å². The van der Waals surface area contributed by atoms with Crippen molar-refractivity contribution >= 4 is 5.97 Å². The Balaban J connectivity index is 2.44. The van der Waals surface area contributed by atoms with Crippen molar-refractivity contribution in [1.82, 2.24) is 4.90 Å². The molecule has 0 aliphatic heterocycles. The molecule has 82 valence electrons. The number of rotatable bonds is 5. The largest absolute Gasteiger partial charge is 0.481 e. The fraction of sp³-hybridized carbons (Fsp3) is 0.909. The van der Waals surface area contributed by atoms with Crippen LogP contribution in [0, 0.1) is 5.92 Å². The number of hydrogen-bond donors (Lipinski definition) is 1. The fourth-order valence-electron chi connectivity index (χ4n) is 2.21. The minimum Gasteiger partial charge on any atom is -0.481 e. The Morgan fingerprint density at radius 1 is 1.57 bits per heavy atom. The molecule has 3 nitrogen and oxygen atoms in total. The molecule has 1 aliphatic rings. The highest BCUT2D eigenvalue weighted by atomic mass is 16.4. The van der Waals surface area contributed by atoms with Crippen LogP contribution in [0.25, 0.3) is 0 Å². The van der Waals surface area contributed by atoms with E-state index in [4.69, 9.17) is 5.11 Å². The summed E-state index contributed by atoms with van der Waals surface area (Å²) in [5.74, 6) is -0.754. The van der Waals surface area contributed by atoms with Crippen molar-refractivity contribution < 1.29 is 9.90 Å². The van der Waals surface area contributed by atoms with E-state index in [0.29, 0.717) is 6.04 Å². The molecule has 0 bridgehead atoms. The molecule has 3 atom stereocenters. The molecule has 3 unspecified atom stereocenters. The monoisotopic (exact) mass is 199 g/mol. The summed E-state index contributed by atoms with van der Waals surface area (Å²) in [6.07, 6.45) is 4.21. The Morgan fingerprint density at radius 2 is 2.21 bits per heavy atom. The average Bonchev–Trinajstić information content (AvgIpc) is 2.01. The topological polar surface area (TPSA) is 40.5 Å². The maximum absolute atomic E-state index is 10.9. The van der Waals surface area contributed by atoms with Crippen LogP contribution in [0.3, 0.4) is 0 Å². The fourth-order valence-corrected chi connectivity index (χ4v) is 2.21. The quantitative estimate of drug-likeness (QED) is 0.736. The van der Waals surface area contributed by atoms with E-state index in [-0.39, 0.29) is 12.0 Å². The first-order valence-electron chi connectivity index (χ1n) is 5.52. The van der Waals surface area contributed by atoms with E-state index in [0.717, 1.165) is 25.7 Å². The molecule has 0 saturated heterocycles. The molecule has 0 radical (unpaired) electrons. The Labute approximate surface area is 86.1 Å². The van der Waals surface area contributed by atoms with Gasteiger partial charge in [-0.15, -0.1) is 0 Å². The van der Waals surface area contributed by atoms with Gasteiger partial charge in [0.25, 0.3) is 0 Å². The highest BCUT2D eigenvalue weighted by Crippen LogP contribution is 2.33. The maximum Gasteiger partial charge on any atom is 0.308 e. The van der Waals surface area contributed by atoms with Crippen LogP contribution >= 0.6 is 0 Å². The molecule has 1 aliphatic carbocycles. The second kappa shape index (κ2) is 4.78. The zero-order chi connectivity index (χ0) is 10.7. The van der Waals surface area contributed by atoms with Gasteiger partial charge in [0, 0.05) is 12.1 Å². The summed E-state index contributed by atoms with van der Waals surface area (Å²) in [6, 6.07) is 0.779. The SMILES string of the molecule is CCCC(C)N(C)C1CCC1C(=O)O. The van der Waals surface area contributed by atoms with Gasteiger partial charge in [-0.1, -0.05) is 13.3 Å². The second-order valence-electron chi connectivity index (χ2n) is 4.39. The Morgan fingerprint density at radius 3 is 2.57 bits per heavy atom. The van der Waals surface area contributed by atoms with Crippen LogP contribution in [0.2, 0.25) is 0 Å². The standard InChI is InChI=1S/C11H21NO2/c1-4-5-8(2)12(3)10-7-6-9(10)11(13)14/h8-10H,4-7H2,1-3H3,(H,13,14). The maximum atomic E-state index is 10.9. The van der Waals surface area contributed by atoms with Crippen LogP contribution in [-0.4, -0.2) is 35.1 Å². The molecule has 0 aromatic carbocycles. The van der Waals surface area contributed by atoms with Crippen LogP contribution in [0.4, 0.5) is 0 Å². The van der Waals surface area contributed by atoms with E-state index < -0.39 is 5.97 Å². The number of carbonyl (C=O) groups is 1. The average molecular weight is 199 g/mol. The molecular formula is C11H21NO2. The third-order valence-corrected chi connectivity index (χ3v) is 3.48. The van der Waals surface area contributed by atoms with Crippen molar-refractivity contribution in [2.24, 2.45) is 5.92 Å². The van der Waals surface area contributed by atoms with Crippen LogP contribution in [0.5, 0.6) is 0 Å². The lowest BCUT2D eigenvalue weighted by molar-refractivity contribution is -0.149. The summed E-state index contributed by atoms with van der Waals surface area (Å²) < 4.78 is 0. The highest BCUT2D eigenvalue weighted by Gasteiger charge is 2.40. The van der Waals surface area contributed by atoms with Crippen LogP contribution < -0.4 is 0 Å². The first kappa shape index (κ1) is 11.5. The van der Waals surface area contributed by atoms with Crippen molar-refractivity contribution in [3.8, 4) is 0 Å². The first-order chi connectivity index (χ1) is 6.57. The van der Waals surface area contributed by atoms with Gasteiger partial charge in [-0.25, -0.2) is 0 Å². The zero-order valence-corrected chi connectivity index (χ0v) is 9.36. The third-order valence-electron chi connectivity index (χ3n) is 3.48. The normalized spacial score (nSPS) is 28.6. The first-order valence-corrected chi connectivity index (χ1v) is 5.52. The summed E-state index contributed by atoms with van der Waals surface area (Å²) in [4.78, 5) is 13.1. The second-order valence-corrected chi connectivity index (χ2v) is 4.39. The molecule has 1 N–H and O–H groups in total. The lowest BCUT2D eigenvalue weighted by atomic mass is 9.78. The van der Waals surface area contributed by atoms with Gasteiger partial charge >= 0.3 is 5.97 Å². The summed E-state index contributed by atoms with van der Waals surface area (Å²) in [5, 5.41) is 8.94. The summed E-state index contributed by atoms with van der Waals surface area (Å²) >= 11 is 0. The van der Waals surface area contributed by atoms with E-state index in [2.05, 4.69) is 25.8 Å². The molecular weight excluding hydrogens is 178 g/mol. The lowest BCUT2D eigenvalue weighted by Gasteiger charge is -2.43. The van der Waals surface area contributed by atoms with Gasteiger partial charge in [0.1, 0.15) is 0 Å². The molecule has 1 saturated carbocycles.